The Kier molecular flexibility index (Phi) is 4.25. The highest BCUT2D eigenvalue weighted by Crippen LogP contribution is 2.28. The van der Waals surface area contributed by atoms with Gasteiger partial charge in [0.1, 0.15) is 5.75 Å². The van der Waals surface area contributed by atoms with E-state index in [4.69, 9.17) is 5.73 Å². The van der Waals surface area contributed by atoms with Crippen molar-refractivity contribution < 1.29 is 9.90 Å². The maximum atomic E-state index is 12.2. The van der Waals surface area contributed by atoms with Gasteiger partial charge in [-0.25, -0.2) is 0 Å². The first-order valence-corrected chi connectivity index (χ1v) is 6.76. The van der Waals surface area contributed by atoms with Crippen molar-refractivity contribution in [3.63, 3.8) is 0 Å². The fourth-order valence-corrected chi connectivity index (χ4v) is 2.36. The summed E-state index contributed by atoms with van der Waals surface area (Å²) in [4.78, 5) is 12.2. The van der Waals surface area contributed by atoms with Crippen LogP contribution in [0.1, 0.15) is 30.6 Å². The summed E-state index contributed by atoms with van der Waals surface area (Å²) in [6.07, 6.45) is 0.695. The summed E-state index contributed by atoms with van der Waals surface area (Å²) >= 11 is 0. The lowest BCUT2D eigenvalue weighted by Crippen LogP contribution is -2.36. The third kappa shape index (κ3) is 3.08. The molecule has 0 fully saturated rings. The molecule has 0 aliphatic heterocycles. The van der Waals surface area contributed by atoms with Crippen LogP contribution in [-0.4, -0.2) is 23.1 Å². The van der Waals surface area contributed by atoms with E-state index in [1.165, 1.54) is 0 Å². The number of phenolic OH excluding ortho intramolecular Hbond substituents is 1. The summed E-state index contributed by atoms with van der Waals surface area (Å²) in [6.45, 7) is 3.80. The summed E-state index contributed by atoms with van der Waals surface area (Å²) in [5.41, 5.74) is 6.00. The molecule has 0 saturated carbocycles. The van der Waals surface area contributed by atoms with E-state index in [9.17, 15) is 9.90 Å². The van der Waals surface area contributed by atoms with Gasteiger partial charge in [-0.1, -0.05) is 30.3 Å². The lowest BCUT2D eigenvalue weighted by Gasteiger charge is -2.16. The highest BCUT2D eigenvalue weighted by atomic mass is 16.3. The predicted octanol–water partition coefficient (Wildman–Crippen LogP) is 2.40. The van der Waals surface area contributed by atoms with Crippen molar-refractivity contribution in [2.45, 2.75) is 32.4 Å². The SMILES string of the molecule is CC(N)CC(C)NC(=O)c1ccc2ccccc2c1O. The van der Waals surface area contributed by atoms with Crippen molar-refractivity contribution >= 4 is 16.7 Å². The lowest BCUT2D eigenvalue weighted by molar-refractivity contribution is 0.0935. The van der Waals surface area contributed by atoms with Gasteiger partial charge in [0.25, 0.3) is 5.91 Å². The van der Waals surface area contributed by atoms with E-state index in [0.29, 0.717) is 17.4 Å². The molecule has 0 saturated heterocycles. The number of hydrogen-bond donors (Lipinski definition) is 3. The van der Waals surface area contributed by atoms with E-state index in [1.807, 2.05) is 38.1 Å². The van der Waals surface area contributed by atoms with E-state index in [-0.39, 0.29) is 23.7 Å². The minimum absolute atomic E-state index is 0.0218. The normalized spacial score (nSPS) is 13.9. The second-order valence-electron chi connectivity index (χ2n) is 5.27. The number of nitrogens with one attached hydrogen (secondary N) is 1. The second-order valence-corrected chi connectivity index (χ2v) is 5.27. The average Bonchev–Trinajstić information content (AvgIpc) is 2.38. The molecule has 0 bridgehead atoms. The number of fused-ring (bicyclic) bond motifs is 1. The van der Waals surface area contributed by atoms with Crippen molar-refractivity contribution in [1.82, 2.24) is 5.32 Å². The first-order chi connectivity index (χ1) is 9.49. The minimum atomic E-state index is -0.276. The third-order valence-electron chi connectivity index (χ3n) is 3.25. The summed E-state index contributed by atoms with van der Waals surface area (Å²) in [5, 5.41) is 14.7. The van der Waals surface area contributed by atoms with Crippen molar-refractivity contribution in [2.24, 2.45) is 5.73 Å². The molecular formula is C16H20N2O2. The Labute approximate surface area is 118 Å². The van der Waals surface area contributed by atoms with Crippen LogP contribution in [0.4, 0.5) is 0 Å². The largest absolute Gasteiger partial charge is 0.506 e. The average molecular weight is 272 g/mol. The Balaban J connectivity index is 2.24. The molecule has 1 amide bonds. The topological polar surface area (TPSA) is 75.3 Å². The van der Waals surface area contributed by atoms with Crippen LogP contribution in [0.2, 0.25) is 0 Å². The number of benzene rings is 2. The molecule has 20 heavy (non-hydrogen) atoms. The summed E-state index contributed by atoms with van der Waals surface area (Å²) in [5.74, 6) is -0.255. The summed E-state index contributed by atoms with van der Waals surface area (Å²) in [6, 6.07) is 10.9. The van der Waals surface area contributed by atoms with Crippen LogP contribution in [0.5, 0.6) is 5.75 Å². The second kappa shape index (κ2) is 5.92. The van der Waals surface area contributed by atoms with Crippen LogP contribution in [0.15, 0.2) is 36.4 Å². The Bertz CT molecular complexity index is 623. The van der Waals surface area contributed by atoms with Crippen molar-refractivity contribution in [3.05, 3.63) is 42.0 Å². The minimum Gasteiger partial charge on any atom is -0.506 e. The molecule has 106 valence electrons. The third-order valence-corrected chi connectivity index (χ3v) is 3.25. The molecule has 4 N–H and O–H groups in total. The lowest BCUT2D eigenvalue weighted by atomic mass is 10.0. The van der Waals surface area contributed by atoms with Gasteiger partial charge in [-0.3, -0.25) is 4.79 Å². The highest BCUT2D eigenvalue weighted by Gasteiger charge is 2.16. The van der Waals surface area contributed by atoms with E-state index in [1.54, 1.807) is 12.1 Å². The number of carbonyl (C=O) groups excluding carboxylic acids is 1. The fraction of sp³-hybridized carbons (Fsp3) is 0.312. The predicted molar refractivity (Wildman–Crippen MR) is 80.8 cm³/mol. The van der Waals surface area contributed by atoms with Gasteiger partial charge in [-0.15, -0.1) is 0 Å². The van der Waals surface area contributed by atoms with E-state index >= 15 is 0 Å². The quantitative estimate of drug-likeness (QED) is 0.800. The number of phenols is 1. The molecule has 0 aliphatic carbocycles. The molecule has 0 radical (unpaired) electrons. The molecule has 2 rings (SSSR count). The number of hydrogen-bond acceptors (Lipinski definition) is 3. The van der Waals surface area contributed by atoms with Gasteiger partial charge in [-0.2, -0.15) is 0 Å². The molecule has 2 aromatic rings. The standard InChI is InChI=1S/C16H20N2O2/c1-10(17)9-11(2)18-16(20)14-8-7-12-5-3-4-6-13(12)15(14)19/h3-8,10-11,19H,9,17H2,1-2H3,(H,18,20). The molecule has 4 heteroatoms. The smallest absolute Gasteiger partial charge is 0.255 e. The van der Waals surface area contributed by atoms with Crippen molar-refractivity contribution in [2.75, 3.05) is 0 Å². The van der Waals surface area contributed by atoms with Crippen LogP contribution in [0, 0.1) is 0 Å². The molecule has 0 spiro atoms. The van der Waals surface area contributed by atoms with E-state index in [2.05, 4.69) is 5.32 Å². The molecule has 2 unspecified atom stereocenters. The van der Waals surface area contributed by atoms with Crippen LogP contribution in [0.3, 0.4) is 0 Å². The van der Waals surface area contributed by atoms with Crippen molar-refractivity contribution in [1.29, 1.82) is 0 Å². The Hall–Kier alpha value is -2.07. The van der Waals surface area contributed by atoms with Gasteiger partial charge in [-0.05, 0) is 31.7 Å². The monoisotopic (exact) mass is 272 g/mol. The molecule has 0 heterocycles. The molecule has 2 aromatic carbocycles. The van der Waals surface area contributed by atoms with Crippen LogP contribution >= 0.6 is 0 Å². The number of rotatable bonds is 4. The van der Waals surface area contributed by atoms with Crippen molar-refractivity contribution in [3.8, 4) is 5.75 Å². The fourth-order valence-electron chi connectivity index (χ4n) is 2.36. The molecule has 2 atom stereocenters. The van der Waals surface area contributed by atoms with Crippen LogP contribution < -0.4 is 11.1 Å². The van der Waals surface area contributed by atoms with E-state index < -0.39 is 0 Å². The van der Waals surface area contributed by atoms with Gasteiger partial charge < -0.3 is 16.2 Å². The number of nitrogens with two attached hydrogens (primary N) is 1. The Morgan fingerprint density at radius 3 is 2.65 bits per heavy atom. The van der Waals surface area contributed by atoms with Crippen LogP contribution in [-0.2, 0) is 0 Å². The Morgan fingerprint density at radius 1 is 1.25 bits per heavy atom. The Morgan fingerprint density at radius 2 is 1.95 bits per heavy atom. The molecule has 0 aromatic heterocycles. The van der Waals surface area contributed by atoms with Gasteiger partial charge in [0.2, 0.25) is 0 Å². The molecule has 0 aliphatic rings. The zero-order chi connectivity index (χ0) is 14.7. The van der Waals surface area contributed by atoms with Gasteiger partial charge in [0.15, 0.2) is 0 Å². The van der Waals surface area contributed by atoms with Gasteiger partial charge >= 0.3 is 0 Å². The first kappa shape index (κ1) is 14.3. The maximum Gasteiger partial charge on any atom is 0.255 e. The number of amides is 1. The summed E-state index contributed by atoms with van der Waals surface area (Å²) < 4.78 is 0. The van der Waals surface area contributed by atoms with Gasteiger partial charge in [0, 0.05) is 17.5 Å². The highest BCUT2D eigenvalue weighted by molar-refractivity contribution is 6.03. The molecular weight excluding hydrogens is 252 g/mol. The zero-order valence-electron chi connectivity index (χ0n) is 11.8. The summed E-state index contributed by atoms with van der Waals surface area (Å²) in [7, 11) is 0. The van der Waals surface area contributed by atoms with Gasteiger partial charge in [0.05, 0.1) is 5.56 Å². The first-order valence-electron chi connectivity index (χ1n) is 6.76. The molecule has 4 nitrogen and oxygen atoms in total. The zero-order valence-corrected chi connectivity index (χ0v) is 11.8. The maximum absolute atomic E-state index is 12.2. The number of carbonyl (C=O) groups is 1. The number of aromatic hydroxyl groups is 1. The van der Waals surface area contributed by atoms with E-state index in [0.717, 1.165) is 5.39 Å². The van der Waals surface area contributed by atoms with Crippen LogP contribution in [0.25, 0.3) is 10.8 Å².